The van der Waals surface area contributed by atoms with Crippen LogP contribution in [0.1, 0.15) is 32.8 Å². The number of carbonyl (C=O) groups excluding carboxylic acids is 2. The van der Waals surface area contributed by atoms with Crippen LogP contribution in [0, 0.1) is 5.92 Å². The van der Waals surface area contributed by atoms with Crippen molar-refractivity contribution in [2.24, 2.45) is 5.92 Å². The van der Waals surface area contributed by atoms with Crippen LogP contribution in [0.4, 0.5) is 0 Å². The van der Waals surface area contributed by atoms with Crippen LogP contribution in [0.3, 0.4) is 0 Å². The minimum Gasteiger partial charge on any atom is -0.484 e. The largest absolute Gasteiger partial charge is 0.484 e. The fourth-order valence-electron chi connectivity index (χ4n) is 2.89. The van der Waals surface area contributed by atoms with Crippen molar-refractivity contribution in [3.8, 4) is 5.75 Å². The third-order valence-electron chi connectivity index (χ3n) is 4.39. The van der Waals surface area contributed by atoms with E-state index >= 15 is 0 Å². The molecule has 162 valence electrons. The van der Waals surface area contributed by atoms with Gasteiger partial charge in [-0.3, -0.25) is 9.59 Å². The first-order valence-corrected chi connectivity index (χ1v) is 9.69. The monoisotopic (exact) mass is 418 g/mol. The van der Waals surface area contributed by atoms with E-state index < -0.39 is 29.5 Å². The Morgan fingerprint density at radius 2 is 1.90 bits per heavy atom. The van der Waals surface area contributed by atoms with Gasteiger partial charge in [-0.15, -0.1) is 0 Å². The second kappa shape index (κ2) is 10.4. The summed E-state index contributed by atoms with van der Waals surface area (Å²) in [4.78, 5) is 46.6. The smallest absolute Gasteiger partial charge is 0.336 e. The summed E-state index contributed by atoms with van der Waals surface area (Å²) in [7, 11) is 0. The minimum atomic E-state index is -1.14. The van der Waals surface area contributed by atoms with Gasteiger partial charge in [0.2, 0.25) is 5.91 Å². The van der Waals surface area contributed by atoms with E-state index in [4.69, 9.17) is 14.3 Å². The Morgan fingerprint density at radius 1 is 1.17 bits per heavy atom. The van der Waals surface area contributed by atoms with E-state index in [1.807, 2.05) is 6.92 Å². The van der Waals surface area contributed by atoms with Crippen molar-refractivity contribution in [3.63, 3.8) is 0 Å². The Labute approximate surface area is 173 Å². The van der Waals surface area contributed by atoms with Crippen molar-refractivity contribution < 1.29 is 28.6 Å². The van der Waals surface area contributed by atoms with Crippen LogP contribution in [0.2, 0.25) is 0 Å². The number of benzene rings is 1. The van der Waals surface area contributed by atoms with E-state index in [0.29, 0.717) is 11.3 Å². The average Bonchev–Trinajstić information content (AvgIpc) is 2.68. The lowest BCUT2D eigenvalue weighted by Crippen LogP contribution is -2.48. The second-order valence-electron chi connectivity index (χ2n) is 7.19. The van der Waals surface area contributed by atoms with Crippen LogP contribution in [-0.2, 0) is 20.8 Å². The molecule has 0 aliphatic heterocycles. The lowest BCUT2D eigenvalue weighted by atomic mass is 10.1. The summed E-state index contributed by atoms with van der Waals surface area (Å²) in [5.74, 6) is -2.26. The molecule has 0 saturated heterocycles. The zero-order chi connectivity index (χ0) is 22.3. The van der Waals surface area contributed by atoms with Crippen LogP contribution < -0.4 is 21.0 Å². The molecule has 9 heteroatoms. The number of carboxylic acid groups (broad SMARTS) is 1. The van der Waals surface area contributed by atoms with Gasteiger partial charge in [0.05, 0.1) is 6.54 Å². The molecule has 1 atom stereocenters. The molecular formula is C21H26N2O7. The lowest BCUT2D eigenvalue weighted by molar-refractivity contribution is -0.143. The maximum absolute atomic E-state index is 11.9. The number of aryl methyl sites for hydroxylation is 1. The number of hydrogen-bond donors (Lipinski definition) is 3. The topological polar surface area (TPSA) is 135 Å². The van der Waals surface area contributed by atoms with E-state index in [1.165, 1.54) is 12.1 Å². The maximum Gasteiger partial charge on any atom is 0.336 e. The molecule has 0 aliphatic rings. The number of hydrogen-bond acceptors (Lipinski definition) is 6. The minimum absolute atomic E-state index is 0.295. The van der Waals surface area contributed by atoms with Gasteiger partial charge in [-0.1, -0.05) is 27.2 Å². The van der Waals surface area contributed by atoms with Gasteiger partial charge in [-0.2, -0.15) is 0 Å². The molecule has 0 spiro atoms. The molecule has 2 rings (SSSR count). The van der Waals surface area contributed by atoms with Gasteiger partial charge in [0, 0.05) is 17.5 Å². The van der Waals surface area contributed by atoms with E-state index in [2.05, 4.69) is 10.6 Å². The highest BCUT2D eigenvalue weighted by Crippen LogP contribution is 2.23. The van der Waals surface area contributed by atoms with Gasteiger partial charge in [-0.05, 0) is 30.0 Å². The Hall–Kier alpha value is -3.36. The molecule has 9 nitrogen and oxygen atoms in total. The molecule has 3 N–H and O–H groups in total. The molecule has 1 heterocycles. The lowest BCUT2D eigenvalue weighted by Gasteiger charge is -2.18. The normalized spacial score (nSPS) is 11.9. The molecule has 2 aromatic rings. The number of rotatable bonds is 10. The Balaban J connectivity index is 1.91. The molecule has 1 aromatic carbocycles. The fraction of sp³-hybridized carbons (Fsp3) is 0.429. The molecule has 0 saturated carbocycles. The third-order valence-corrected chi connectivity index (χ3v) is 4.39. The first-order chi connectivity index (χ1) is 14.2. The summed E-state index contributed by atoms with van der Waals surface area (Å²) in [5, 5.41) is 14.6. The number of nitrogens with one attached hydrogen (secondary N) is 2. The summed E-state index contributed by atoms with van der Waals surface area (Å²) in [5.41, 5.74) is 0.810. The zero-order valence-corrected chi connectivity index (χ0v) is 17.2. The standard InChI is InChI=1S/C21H26N2O7/c1-4-5-13-8-19(26)30-16-9-14(6-7-15(13)16)29-11-18(25)22-10-17(24)23-20(12(2)3)21(27)28/h6-9,12,20H,4-5,10-11H2,1-3H3,(H,22,25)(H,23,24)(H,27,28)/t20-/m1/s1. The number of carboxylic acids is 1. The molecule has 2 amide bonds. The van der Waals surface area contributed by atoms with Crippen molar-refractivity contribution in [1.29, 1.82) is 0 Å². The number of amides is 2. The molecule has 0 fully saturated rings. The summed E-state index contributed by atoms with van der Waals surface area (Å²) in [6.45, 7) is 4.63. The highest BCUT2D eigenvalue weighted by Gasteiger charge is 2.23. The quantitative estimate of drug-likeness (QED) is 0.497. The molecule has 30 heavy (non-hydrogen) atoms. The van der Waals surface area contributed by atoms with E-state index in [-0.39, 0.29) is 19.1 Å². The number of fused-ring (bicyclic) bond motifs is 1. The predicted octanol–water partition coefficient (Wildman–Crippen LogP) is 1.47. The molecule has 0 unspecified atom stereocenters. The van der Waals surface area contributed by atoms with Crippen LogP contribution in [0.15, 0.2) is 33.5 Å². The van der Waals surface area contributed by atoms with Crippen LogP contribution in [0.25, 0.3) is 11.0 Å². The van der Waals surface area contributed by atoms with Gasteiger partial charge in [-0.25, -0.2) is 9.59 Å². The van der Waals surface area contributed by atoms with Crippen molar-refractivity contribution in [1.82, 2.24) is 10.6 Å². The van der Waals surface area contributed by atoms with Gasteiger partial charge in [0.15, 0.2) is 6.61 Å². The predicted molar refractivity (Wildman–Crippen MR) is 109 cm³/mol. The van der Waals surface area contributed by atoms with Crippen molar-refractivity contribution in [3.05, 3.63) is 40.2 Å². The summed E-state index contributed by atoms with van der Waals surface area (Å²) in [6, 6.07) is 5.41. The average molecular weight is 418 g/mol. The maximum atomic E-state index is 11.9. The molecule has 0 bridgehead atoms. The first kappa shape index (κ1) is 22.9. The zero-order valence-electron chi connectivity index (χ0n) is 17.2. The Kier molecular flexibility index (Phi) is 7.97. The fourth-order valence-corrected chi connectivity index (χ4v) is 2.89. The summed E-state index contributed by atoms with van der Waals surface area (Å²) < 4.78 is 10.6. The van der Waals surface area contributed by atoms with Crippen molar-refractivity contribution in [2.75, 3.05) is 13.2 Å². The Bertz CT molecular complexity index is 981. The summed E-state index contributed by atoms with van der Waals surface area (Å²) in [6.07, 6.45) is 1.63. The van der Waals surface area contributed by atoms with Crippen LogP contribution in [0.5, 0.6) is 5.75 Å². The highest BCUT2D eigenvalue weighted by atomic mass is 16.5. The third kappa shape index (κ3) is 6.33. The first-order valence-electron chi connectivity index (χ1n) is 9.69. The molecule has 0 radical (unpaired) electrons. The van der Waals surface area contributed by atoms with Crippen LogP contribution in [-0.4, -0.2) is 42.1 Å². The number of ether oxygens (including phenoxy) is 1. The number of aliphatic carboxylic acids is 1. The molecule has 0 aliphatic carbocycles. The van der Waals surface area contributed by atoms with Crippen LogP contribution >= 0.6 is 0 Å². The SMILES string of the molecule is CCCc1cc(=O)oc2cc(OCC(=O)NCC(=O)N[C@@H](C(=O)O)C(C)C)ccc12. The van der Waals surface area contributed by atoms with Gasteiger partial charge >= 0.3 is 11.6 Å². The second-order valence-corrected chi connectivity index (χ2v) is 7.19. The van der Waals surface area contributed by atoms with Crippen molar-refractivity contribution >= 4 is 28.8 Å². The van der Waals surface area contributed by atoms with Gasteiger partial charge in [0.1, 0.15) is 17.4 Å². The Morgan fingerprint density at radius 3 is 2.53 bits per heavy atom. The van der Waals surface area contributed by atoms with E-state index in [1.54, 1.807) is 26.0 Å². The highest BCUT2D eigenvalue weighted by molar-refractivity contribution is 5.88. The number of carbonyl (C=O) groups is 3. The molecule has 1 aromatic heterocycles. The van der Waals surface area contributed by atoms with Gasteiger partial charge < -0.3 is 24.9 Å². The van der Waals surface area contributed by atoms with E-state index in [0.717, 1.165) is 23.8 Å². The van der Waals surface area contributed by atoms with Crippen molar-refractivity contribution in [2.45, 2.75) is 39.7 Å². The van der Waals surface area contributed by atoms with Gasteiger partial charge in [0.25, 0.3) is 5.91 Å². The molecular weight excluding hydrogens is 392 g/mol. The van der Waals surface area contributed by atoms with E-state index in [9.17, 15) is 19.2 Å². The summed E-state index contributed by atoms with van der Waals surface area (Å²) >= 11 is 0.